The maximum Gasteiger partial charge on any atom is 0.269 e. The first kappa shape index (κ1) is 14.5. The van der Waals surface area contributed by atoms with Crippen LogP contribution in [0.5, 0.6) is 0 Å². The van der Waals surface area contributed by atoms with Crippen LogP contribution in [0.25, 0.3) is 0 Å². The van der Waals surface area contributed by atoms with E-state index in [0.29, 0.717) is 0 Å². The minimum absolute atomic E-state index is 0.154. The molecule has 0 atom stereocenters. The summed E-state index contributed by atoms with van der Waals surface area (Å²) in [6, 6.07) is 4.95. The van der Waals surface area contributed by atoms with Crippen molar-refractivity contribution in [2.24, 2.45) is 0 Å². The van der Waals surface area contributed by atoms with Crippen LogP contribution < -0.4 is 5.32 Å². The number of nitrogens with zero attached hydrogens (tertiary/aromatic N) is 1. The normalized spacial score (nSPS) is 10.3. The SMILES string of the molecule is CCCCCCCNc1ccc([N+](=O)[O-])cc1C. The Labute approximate surface area is 109 Å². The summed E-state index contributed by atoms with van der Waals surface area (Å²) in [6.07, 6.45) is 6.24. The molecule has 100 valence electrons. The molecule has 1 aromatic rings. The first-order valence-electron chi connectivity index (χ1n) is 6.64. The van der Waals surface area contributed by atoms with Gasteiger partial charge in [-0.1, -0.05) is 32.6 Å². The van der Waals surface area contributed by atoms with Gasteiger partial charge in [-0.3, -0.25) is 10.1 Å². The Morgan fingerprint density at radius 2 is 1.94 bits per heavy atom. The first-order valence-corrected chi connectivity index (χ1v) is 6.64. The Morgan fingerprint density at radius 3 is 2.56 bits per heavy atom. The molecule has 0 aliphatic heterocycles. The summed E-state index contributed by atoms with van der Waals surface area (Å²) in [4.78, 5) is 10.3. The molecule has 0 saturated heterocycles. The molecule has 0 radical (unpaired) electrons. The standard InChI is InChI=1S/C14H22N2O2/c1-3-4-5-6-7-10-15-14-9-8-13(16(17)18)11-12(14)2/h8-9,11,15H,3-7,10H2,1-2H3. The van der Waals surface area contributed by atoms with E-state index in [4.69, 9.17) is 0 Å². The summed E-state index contributed by atoms with van der Waals surface area (Å²) in [5.41, 5.74) is 2.08. The van der Waals surface area contributed by atoms with Crippen molar-refractivity contribution in [1.82, 2.24) is 0 Å². The van der Waals surface area contributed by atoms with Crippen molar-refractivity contribution in [3.63, 3.8) is 0 Å². The Balaban J connectivity index is 2.36. The molecule has 1 N–H and O–H groups in total. The van der Waals surface area contributed by atoms with Gasteiger partial charge in [0.2, 0.25) is 0 Å². The third kappa shape index (κ3) is 4.73. The topological polar surface area (TPSA) is 55.2 Å². The molecule has 0 aromatic heterocycles. The van der Waals surface area contributed by atoms with Crippen LogP contribution in [0, 0.1) is 17.0 Å². The largest absolute Gasteiger partial charge is 0.385 e. The highest BCUT2D eigenvalue weighted by molar-refractivity contribution is 5.55. The van der Waals surface area contributed by atoms with Gasteiger partial charge in [-0.05, 0) is 25.0 Å². The molecule has 0 aliphatic carbocycles. The smallest absolute Gasteiger partial charge is 0.269 e. The van der Waals surface area contributed by atoms with E-state index in [1.54, 1.807) is 18.2 Å². The van der Waals surface area contributed by atoms with Crippen LogP contribution in [0.15, 0.2) is 18.2 Å². The molecule has 4 heteroatoms. The maximum absolute atomic E-state index is 10.6. The van der Waals surface area contributed by atoms with Gasteiger partial charge in [0.1, 0.15) is 0 Å². The molecule has 0 heterocycles. The van der Waals surface area contributed by atoms with Crippen LogP contribution in [-0.2, 0) is 0 Å². The van der Waals surface area contributed by atoms with E-state index >= 15 is 0 Å². The van der Waals surface area contributed by atoms with Crippen molar-refractivity contribution in [2.75, 3.05) is 11.9 Å². The minimum atomic E-state index is -0.360. The second-order valence-electron chi connectivity index (χ2n) is 4.60. The third-order valence-electron chi connectivity index (χ3n) is 3.02. The van der Waals surface area contributed by atoms with E-state index in [9.17, 15) is 10.1 Å². The zero-order valence-electron chi connectivity index (χ0n) is 11.2. The number of rotatable bonds is 8. The number of benzene rings is 1. The van der Waals surface area contributed by atoms with Crippen molar-refractivity contribution in [3.05, 3.63) is 33.9 Å². The van der Waals surface area contributed by atoms with Gasteiger partial charge in [0.25, 0.3) is 5.69 Å². The van der Waals surface area contributed by atoms with Gasteiger partial charge < -0.3 is 5.32 Å². The fourth-order valence-electron chi connectivity index (χ4n) is 1.91. The zero-order chi connectivity index (χ0) is 13.4. The molecule has 0 amide bonds. The van der Waals surface area contributed by atoms with Crippen LogP contribution in [0.1, 0.15) is 44.6 Å². The Hall–Kier alpha value is -1.58. The van der Waals surface area contributed by atoms with Crippen molar-refractivity contribution >= 4 is 11.4 Å². The molecule has 4 nitrogen and oxygen atoms in total. The summed E-state index contributed by atoms with van der Waals surface area (Å²) >= 11 is 0. The van der Waals surface area contributed by atoms with E-state index in [1.807, 2.05) is 6.92 Å². The molecule has 1 rings (SSSR count). The van der Waals surface area contributed by atoms with Gasteiger partial charge in [0, 0.05) is 24.4 Å². The zero-order valence-corrected chi connectivity index (χ0v) is 11.2. The summed E-state index contributed by atoms with van der Waals surface area (Å²) in [6.45, 7) is 5.03. The van der Waals surface area contributed by atoms with Gasteiger partial charge in [-0.2, -0.15) is 0 Å². The first-order chi connectivity index (χ1) is 8.65. The molecule has 0 fully saturated rings. The number of hydrogen-bond acceptors (Lipinski definition) is 3. The number of nitrogens with one attached hydrogen (secondary N) is 1. The molecule has 0 bridgehead atoms. The Morgan fingerprint density at radius 1 is 1.22 bits per heavy atom. The van der Waals surface area contributed by atoms with Crippen LogP contribution in [0.2, 0.25) is 0 Å². The van der Waals surface area contributed by atoms with Gasteiger partial charge in [0.05, 0.1) is 4.92 Å². The van der Waals surface area contributed by atoms with E-state index < -0.39 is 0 Å². The van der Waals surface area contributed by atoms with Gasteiger partial charge in [-0.15, -0.1) is 0 Å². The molecule has 0 saturated carbocycles. The molecule has 1 aromatic carbocycles. The maximum atomic E-state index is 10.6. The number of hydrogen-bond donors (Lipinski definition) is 1. The number of unbranched alkanes of at least 4 members (excludes halogenated alkanes) is 4. The van der Waals surface area contributed by atoms with Crippen LogP contribution >= 0.6 is 0 Å². The Bertz CT molecular complexity index is 391. The molecule has 0 unspecified atom stereocenters. The highest BCUT2D eigenvalue weighted by atomic mass is 16.6. The van der Waals surface area contributed by atoms with E-state index in [1.165, 1.54) is 25.7 Å². The second kappa shape index (κ2) is 7.69. The van der Waals surface area contributed by atoms with Gasteiger partial charge in [-0.25, -0.2) is 0 Å². The lowest BCUT2D eigenvalue weighted by molar-refractivity contribution is -0.384. The lowest BCUT2D eigenvalue weighted by Crippen LogP contribution is -2.03. The molecule has 0 aliphatic rings. The Kier molecular flexibility index (Phi) is 6.19. The fraction of sp³-hybridized carbons (Fsp3) is 0.571. The summed E-state index contributed by atoms with van der Waals surface area (Å²) in [7, 11) is 0. The van der Waals surface area contributed by atoms with Crippen molar-refractivity contribution < 1.29 is 4.92 Å². The third-order valence-corrected chi connectivity index (χ3v) is 3.02. The van der Waals surface area contributed by atoms with Crippen molar-refractivity contribution in [2.45, 2.75) is 46.0 Å². The molecule has 0 spiro atoms. The number of non-ortho nitro benzene ring substituents is 1. The van der Waals surface area contributed by atoms with E-state index in [0.717, 1.165) is 24.2 Å². The summed E-state index contributed by atoms with van der Waals surface area (Å²) in [5, 5.41) is 13.9. The predicted octanol–water partition coefficient (Wildman–Crippen LogP) is 4.29. The lowest BCUT2D eigenvalue weighted by atomic mass is 10.1. The van der Waals surface area contributed by atoms with Gasteiger partial charge >= 0.3 is 0 Å². The summed E-state index contributed by atoms with van der Waals surface area (Å²) < 4.78 is 0. The van der Waals surface area contributed by atoms with Crippen molar-refractivity contribution in [1.29, 1.82) is 0 Å². The lowest BCUT2D eigenvalue weighted by Gasteiger charge is -2.09. The monoisotopic (exact) mass is 250 g/mol. The van der Waals surface area contributed by atoms with Gasteiger partial charge in [0.15, 0.2) is 0 Å². The number of nitro groups is 1. The molecular formula is C14H22N2O2. The molecule has 18 heavy (non-hydrogen) atoms. The summed E-state index contributed by atoms with van der Waals surface area (Å²) in [5.74, 6) is 0. The highest BCUT2D eigenvalue weighted by Gasteiger charge is 2.07. The van der Waals surface area contributed by atoms with Crippen molar-refractivity contribution in [3.8, 4) is 0 Å². The average molecular weight is 250 g/mol. The van der Waals surface area contributed by atoms with Crippen LogP contribution in [-0.4, -0.2) is 11.5 Å². The highest BCUT2D eigenvalue weighted by Crippen LogP contribution is 2.21. The number of anilines is 1. The van der Waals surface area contributed by atoms with E-state index in [2.05, 4.69) is 12.2 Å². The number of aryl methyl sites for hydroxylation is 1. The van der Waals surface area contributed by atoms with Crippen LogP contribution in [0.3, 0.4) is 0 Å². The predicted molar refractivity (Wildman–Crippen MR) is 75.1 cm³/mol. The number of nitro benzene ring substituents is 1. The van der Waals surface area contributed by atoms with E-state index in [-0.39, 0.29) is 10.6 Å². The average Bonchev–Trinajstić information content (AvgIpc) is 2.35. The minimum Gasteiger partial charge on any atom is -0.385 e. The fourth-order valence-corrected chi connectivity index (χ4v) is 1.91. The van der Waals surface area contributed by atoms with Crippen LogP contribution in [0.4, 0.5) is 11.4 Å². The molecular weight excluding hydrogens is 228 g/mol. The quantitative estimate of drug-likeness (QED) is 0.425. The second-order valence-corrected chi connectivity index (χ2v) is 4.60.